The van der Waals surface area contributed by atoms with E-state index in [4.69, 9.17) is 15.0 Å². The Hall–Kier alpha value is -5.55. The quantitative estimate of drug-likeness (QED) is 0.272. The van der Waals surface area contributed by atoms with E-state index in [2.05, 4.69) is 167 Å². The summed E-state index contributed by atoms with van der Waals surface area (Å²) in [5.41, 5.74) is 18.0. The minimum absolute atomic E-state index is 0.136. The third-order valence-electron chi connectivity index (χ3n) is 11.7. The van der Waals surface area contributed by atoms with Crippen molar-refractivity contribution in [3.63, 3.8) is 0 Å². The van der Waals surface area contributed by atoms with Crippen molar-refractivity contribution in [1.82, 2.24) is 19.5 Å². The molecule has 238 valence electrons. The lowest BCUT2D eigenvalue weighted by Crippen LogP contribution is -2.55. The van der Waals surface area contributed by atoms with E-state index in [1.165, 1.54) is 65.9 Å². The normalized spacial score (nSPS) is 13.1. The van der Waals surface area contributed by atoms with E-state index in [9.17, 15) is 0 Å². The maximum Gasteiger partial charge on any atom is 0.238 e. The molecule has 51 heavy (non-hydrogen) atoms. The fourth-order valence-electron chi connectivity index (χ4n) is 8.36. The standard InChI is InChI=1S/C42H35B5N4/c1-42(2)29-14-8-6-12-25(29)27-20-28-26-13-7-9-15-31(26)51(32(28)21-30(27)42)41-49-39(24-18-16-23(17-19-24)22-10-4-3-5-11-22)48-40(50-41)33-34(43)36(45)38(47)37(46)35(33)44/h3-21H,43-47H2,1-2H3. The molecule has 0 amide bonds. The Morgan fingerprint density at radius 2 is 1.06 bits per heavy atom. The number of aromatic nitrogens is 4. The zero-order valence-corrected chi connectivity index (χ0v) is 30.3. The van der Waals surface area contributed by atoms with Crippen molar-refractivity contribution in [3.8, 4) is 51.0 Å². The van der Waals surface area contributed by atoms with Gasteiger partial charge in [0.25, 0.3) is 0 Å². The van der Waals surface area contributed by atoms with E-state index < -0.39 is 0 Å². The summed E-state index contributed by atoms with van der Waals surface area (Å²) < 4.78 is 2.26. The number of rotatable bonds is 4. The molecule has 2 heterocycles. The molecule has 0 radical (unpaired) electrons. The average Bonchev–Trinajstić information content (AvgIpc) is 3.60. The topological polar surface area (TPSA) is 43.6 Å². The summed E-state index contributed by atoms with van der Waals surface area (Å²) >= 11 is 0. The Morgan fingerprint density at radius 3 is 1.80 bits per heavy atom. The van der Waals surface area contributed by atoms with Gasteiger partial charge in [-0.05, 0) is 51.6 Å². The fourth-order valence-corrected chi connectivity index (χ4v) is 8.36. The van der Waals surface area contributed by atoms with Gasteiger partial charge >= 0.3 is 0 Å². The van der Waals surface area contributed by atoms with E-state index in [0.29, 0.717) is 17.6 Å². The predicted octanol–water partition coefficient (Wildman–Crippen LogP) is 1.57. The molecule has 0 N–H and O–H groups in total. The SMILES string of the molecule is Bc1c(B)c(B)c(-c2nc(-c3ccc(-c4ccccc4)cc3)nc(-n3c4ccccc4c4cc5c(cc43)C(C)(C)c3ccccc3-5)n2)c(B)c1B. The molecule has 0 atom stereocenters. The summed E-state index contributed by atoms with van der Waals surface area (Å²) in [6.45, 7) is 4.67. The lowest BCUT2D eigenvalue weighted by molar-refractivity contribution is 0.661. The Balaban J connectivity index is 1.33. The van der Waals surface area contributed by atoms with Crippen LogP contribution in [0.1, 0.15) is 25.0 Å². The molecule has 0 aliphatic heterocycles. The highest BCUT2D eigenvalue weighted by Gasteiger charge is 2.36. The average molecular weight is 650 g/mol. The summed E-state index contributed by atoms with van der Waals surface area (Å²) in [4.78, 5) is 15.9. The van der Waals surface area contributed by atoms with Crippen molar-refractivity contribution in [2.75, 3.05) is 0 Å². The number of benzene rings is 6. The molecular formula is C42H35B5N4. The van der Waals surface area contributed by atoms with Crippen LogP contribution in [0.2, 0.25) is 0 Å². The van der Waals surface area contributed by atoms with Crippen LogP contribution in [0.5, 0.6) is 0 Å². The minimum atomic E-state index is -0.136. The Kier molecular flexibility index (Phi) is 7.09. The molecule has 9 rings (SSSR count). The van der Waals surface area contributed by atoms with Crippen LogP contribution < -0.4 is 27.3 Å². The van der Waals surface area contributed by atoms with Crippen LogP contribution in [0.25, 0.3) is 72.8 Å². The second-order valence-electron chi connectivity index (χ2n) is 14.7. The molecule has 8 aromatic rings. The maximum absolute atomic E-state index is 5.38. The minimum Gasteiger partial charge on any atom is -0.278 e. The Morgan fingerprint density at radius 1 is 0.471 bits per heavy atom. The molecule has 0 bridgehead atoms. The fraction of sp³-hybridized carbons (Fsp3) is 0.0714. The van der Waals surface area contributed by atoms with E-state index in [0.717, 1.165) is 27.7 Å². The first-order chi connectivity index (χ1) is 24.6. The van der Waals surface area contributed by atoms with Gasteiger partial charge in [-0.3, -0.25) is 4.57 Å². The number of para-hydroxylation sites is 1. The van der Waals surface area contributed by atoms with Crippen molar-refractivity contribution < 1.29 is 0 Å². The lowest BCUT2D eigenvalue weighted by atomic mass is 9.60. The van der Waals surface area contributed by atoms with Gasteiger partial charge in [-0.2, -0.15) is 9.97 Å². The van der Waals surface area contributed by atoms with Crippen LogP contribution in [0, 0.1) is 0 Å². The number of fused-ring (bicyclic) bond motifs is 6. The molecular weight excluding hydrogens is 615 g/mol. The van der Waals surface area contributed by atoms with Gasteiger partial charge in [0.2, 0.25) is 5.95 Å². The predicted molar refractivity (Wildman–Crippen MR) is 229 cm³/mol. The molecule has 0 fully saturated rings. The third-order valence-corrected chi connectivity index (χ3v) is 11.7. The van der Waals surface area contributed by atoms with E-state index in [-0.39, 0.29) is 5.41 Å². The van der Waals surface area contributed by atoms with Gasteiger partial charge in [-0.15, -0.1) is 16.4 Å². The zero-order valence-electron chi connectivity index (χ0n) is 30.3. The molecule has 0 saturated carbocycles. The zero-order chi connectivity index (χ0) is 35.2. The second kappa shape index (κ2) is 11.5. The van der Waals surface area contributed by atoms with Gasteiger partial charge in [-0.25, -0.2) is 4.98 Å². The summed E-state index contributed by atoms with van der Waals surface area (Å²) in [5, 5.41) is 2.38. The molecule has 6 aromatic carbocycles. The van der Waals surface area contributed by atoms with Gasteiger partial charge in [0.15, 0.2) is 11.6 Å². The van der Waals surface area contributed by atoms with E-state index >= 15 is 0 Å². The number of hydrogen-bond donors (Lipinski definition) is 0. The first-order valence-electron chi connectivity index (χ1n) is 17.8. The van der Waals surface area contributed by atoms with Crippen LogP contribution in [0.3, 0.4) is 0 Å². The van der Waals surface area contributed by atoms with Gasteiger partial charge in [0.1, 0.15) is 39.2 Å². The van der Waals surface area contributed by atoms with Crippen LogP contribution in [0.4, 0.5) is 0 Å². The van der Waals surface area contributed by atoms with Crippen molar-refractivity contribution in [2.45, 2.75) is 19.3 Å². The van der Waals surface area contributed by atoms with Crippen molar-refractivity contribution in [1.29, 1.82) is 0 Å². The van der Waals surface area contributed by atoms with Gasteiger partial charge in [-0.1, -0.05) is 122 Å². The molecule has 2 aromatic heterocycles. The van der Waals surface area contributed by atoms with Crippen LogP contribution in [0.15, 0.2) is 115 Å². The molecule has 0 spiro atoms. The van der Waals surface area contributed by atoms with Crippen LogP contribution in [-0.2, 0) is 5.41 Å². The molecule has 1 aliphatic rings. The number of hydrogen-bond acceptors (Lipinski definition) is 3. The molecule has 0 unspecified atom stereocenters. The molecule has 1 aliphatic carbocycles. The number of nitrogens with zero attached hydrogens (tertiary/aromatic N) is 4. The first-order valence-corrected chi connectivity index (χ1v) is 17.8. The molecule has 9 heteroatoms. The maximum atomic E-state index is 5.38. The lowest BCUT2D eigenvalue weighted by Gasteiger charge is -2.22. The van der Waals surface area contributed by atoms with Crippen LogP contribution in [-0.4, -0.2) is 58.8 Å². The highest BCUT2D eigenvalue weighted by Crippen LogP contribution is 2.50. The summed E-state index contributed by atoms with van der Waals surface area (Å²) in [6, 6.07) is 41.3. The van der Waals surface area contributed by atoms with Crippen LogP contribution >= 0.6 is 0 Å². The Labute approximate surface area is 303 Å². The monoisotopic (exact) mass is 650 g/mol. The van der Waals surface area contributed by atoms with E-state index in [1.54, 1.807) is 0 Å². The Bertz CT molecular complexity index is 2690. The van der Waals surface area contributed by atoms with Crippen molar-refractivity contribution >= 4 is 88.4 Å². The van der Waals surface area contributed by atoms with Crippen molar-refractivity contribution in [2.24, 2.45) is 0 Å². The molecule has 0 saturated heterocycles. The highest BCUT2D eigenvalue weighted by molar-refractivity contribution is 6.68. The summed E-state index contributed by atoms with van der Waals surface area (Å²) in [6.07, 6.45) is 0. The van der Waals surface area contributed by atoms with Gasteiger partial charge < -0.3 is 0 Å². The largest absolute Gasteiger partial charge is 0.278 e. The van der Waals surface area contributed by atoms with Crippen molar-refractivity contribution in [3.05, 3.63) is 126 Å². The summed E-state index contributed by atoms with van der Waals surface area (Å²) in [7, 11) is 11.0. The molecule has 4 nitrogen and oxygen atoms in total. The smallest absolute Gasteiger partial charge is 0.238 e. The first kappa shape index (κ1) is 31.4. The van der Waals surface area contributed by atoms with E-state index in [1.807, 2.05) is 6.07 Å². The summed E-state index contributed by atoms with van der Waals surface area (Å²) in [5.74, 6) is 1.98. The third kappa shape index (κ3) is 4.71. The second-order valence-corrected chi connectivity index (χ2v) is 14.7. The van der Waals surface area contributed by atoms with Gasteiger partial charge in [0, 0.05) is 27.3 Å². The van der Waals surface area contributed by atoms with Gasteiger partial charge in [0.05, 0.1) is 11.0 Å². The highest BCUT2D eigenvalue weighted by atomic mass is 15.2.